The lowest BCUT2D eigenvalue weighted by Gasteiger charge is -2.34. The third-order valence-electron chi connectivity index (χ3n) is 4.24. The fourth-order valence-electron chi connectivity index (χ4n) is 2.85. The second kappa shape index (κ2) is 8.06. The predicted molar refractivity (Wildman–Crippen MR) is 86.1 cm³/mol. The molecule has 0 spiro atoms. The van der Waals surface area contributed by atoms with Crippen LogP contribution in [0.15, 0.2) is 24.3 Å². The van der Waals surface area contributed by atoms with Gasteiger partial charge in [0.05, 0.1) is 13.0 Å². The normalized spacial score (nSPS) is 19.3. The second-order valence-corrected chi connectivity index (χ2v) is 6.18. The van der Waals surface area contributed by atoms with E-state index in [4.69, 9.17) is 5.73 Å². The van der Waals surface area contributed by atoms with Gasteiger partial charge >= 0.3 is 0 Å². The van der Waals surface area contributed by atoms with Gasteiger partial charge in [-0.1, -0.05) is 12.1 Å². The van der Waals surface area contributed by atoms with E-state index in [-0.39, 0.29) is 36.6 Å². The summed E-state index contributed by atoms with van der Waals surface area (Å²) in [6.07, 6.45) is 2.04. The van der Waals surface area contributed by atoms with Gasteiger partial charge in [0, 0.05) is 19.1 Å². The first-order valence-corrected chi connectivity index (χ1v) is 8.00. The first-order chi connectivity index (χ1) is 11.0. The number of nitrogens with one attached hydrogen (secondary N) is 1. The van der Waals surface area contributed by atoms with Crippen LogP contribution in [0.2, 0.25) is 0 Å². The minimum Gasteiger partial charge on any atom is -0.347 e. The molecule has 1 heterocycles. The van der Waals surface area contributed by atoms with Gasteiger partial charge in [0.1, 0.15) is 5.82 Å². The Balaban J connectivity index is 1.78. The fraction of sp³-hybridized carbons (Fsp3) is 0.529. The van der Waals surface area contributed by atoms with Crippen LogP contribution in [0.5, 0.6) is 0 Å². The lowest BCUT2D eigenvalue weighted by atomic mass is 9.92. The maximum absolute atomic E-state index is 13.1. The Morgan fingerprint density at radius 2 is 2.26 bits per heavy atom. The molecule has 0 aromatic heterocycles. The number of carbonyl (C=O) groups is 2. The monoisotopic (exact) mass is 321 g/mol. The highest BCUT2D eigenvalue weighted by Gasteiger charge is 2.25. The maximum atomic E-state index is 13.1. The second-order valence-electron chi connectivity index (χ2n) is 6.18. The summed E-state index contributed by atoms with van der Waals surface area (Å²) < 4.78 is 13.1. The van der Waals surface area contributed by atoms with Gasteiger partial charge in [0.15, 0.2) is 0 Å². The van der Waals surface area contributed by atoms with Crippen LogP contribution in [-0.4, -0.2) is 42.4 Å². The van der Waals surface area contributed by atoms with E-state index in [1.807, 2.05) is 6.92 Å². The average Bonchev–Trinajstić information content (AvgIpc) is 2.52. The molecule has 0 bridgehead atoms. The van der Waals surface area contributed by atoms with E-state index >= 15 is 0 Å². The van der Waals surface area contributed by atoms with E-state index in [0.29, 0.717) is 24.6 Å². The molecule has 1 saturated heterocycles. The summed E-state index contributed by atoms with van der Waals surface area (Å²) in [5.74, 6) is -0.440. The van der Waals surface area contributed by atoms with E-state index in [1.165, 1.54) is 12.1 Å². The van der Waals surface area contributed by atoms with E-state index in [2.05, 4.69) is 5.32 Å². The summed E-state index contributed by atoms with van der Waals surface area (Å²) in [7, 11) is 0. The molecule has 1 fully saturated rings. The number of piperidine rings is 1. The Hall–Kier alpha value is -1.95. The highest BCUT2D eigenvalue weighted by molar-refractivity contribution is 5.85. The molecule has 1 aliphatic heterocycles. The van der Waals surface area contributed by atoms with E-state index < -0.39 is 0 Å². The highest BCUT2D eigenvalue weighted by atomic mass is 19.1. The van der Waals surface area contributed by atoms with Crippen molar-refractivity contribution in [1.82, 2.24) is 10.2 Å². The number of rotatable bonds is 5. The molecule has 1 aromatic rings. The van der Waals surface area contributed by atoms with Crippen molar-refractivity contribution in [3.63, 3.8) is 0 Å². The molecule has 126 valence electrons. The zero-order valence-corrected chi connectivity index (χ0v) is 13.4. The van der Waals surface area contributed by atoms with Gasteiger partial charge in [-0.15, -0.1) is 0 Å². The molecular formula is C17H24FN3O2. The summed E-state index contributed by atoms with van der Waals surface area (Å²) in [5.41, 5.74) is 6.50. The summed E-state index contributed by atoms with van der Waals surface area (Å²) >= 11 is 0. The molecule has 1 aromatic carbocycles. The molecular weight excluding hydrogens is 297 g/mol. The minimum atomic E-state index is -0.373. The summed E-state index contributed by atoms with van der Waals surface area (Å²) in [6, 6.07) is 5.95. The van der Waals surface area contributed by atoms with Crippen molar-refractivity contribution in [3.05, 3.63) is 35.6 Å². The zero-order valence-electron chi connectivity index (χ0n) is 13.4. The van der Waals surface area contributed by atoms with E-state index in [1.54, 1.807) is 17.0 Å². The molecule has 2 amide bonds. The molecule has 2 atom stereocenters. The van der Waals surface area contributed by atoms with Gasteiger partial charge in [-0.05, 0) is 43.4 Å². The Kier molecular flexibility index (Phi) is 6.10. The van der Waals surface area contributed by atoms with Crippen LogP contribution in [0.4, 0.5) is 4.39 Å². The third kappa shape index (κ3) is 5.32. The van der Waals surface area contributed by atoms with Gasteiger partial charge in [-0.2, -0.15) is 0 Å². The van der Waals surface area contributed by atoms with E-state index in [0.717, 1.165) is 12.8 Å². The minimum absolute atomic E-state index is 0.0280. The van der Waals surface area contributed by atoms with Crippen molar-refractivity contribution >= 4 is 11.8 Å². The SMILES string of the molecule is CC(N)C1CCCN(C(=O)CNC(=O)Cc2cccc(F)c2)C1. The number of nitrogens with two attached hydrogens (primary N) is 1. The lowest BCUT2D eigenvalue weighted by Crippen LogP contribution is -2.48. The summed E-state index contributed by atoms with van der Waals surface area (Å²) in [5, 5.41) is 2.61. The largest absolute Gasteiger partial charge is 0.347 e. The molecule has 2 unspecified atom stereocenters. The lowest BCUT2D eigenvalue weighted by molar-refractivity contribution is -0.134. The van der Waals surface area contributed by atoms with Gasteiger partial charge in [-0.3, -0.25) is 9.59 Å². The first kappa shape index (κ1) is 17.4. The highest BCUT2D eigenvalue weighted by Crippen LogP contribution is 2.18. The molecule has 0 aliphatic carbocycles. The van der Waals surface area contributed by atoms with Crippen molar-refractivity contribution in [1.29, 1.82) is 0 Å². The van der Waals surface area contributed by atoms with Crippen molar-refractivity contribution < 1.29 is 14.0 Å². The fourth-order valence-corrected chi connectivity index (χ4v) is 2.85. The van der Waals surface area contributed by atoms with Gasteiger partial charge < -0.3 is 16.0 Å². The number of amides is 2. The zero-order chi connectivity index (χ0) is 16.8. The van der Waals surface area contributed by atoms with Crippen LogP contribution < -0.4 is 11.1 Å². The number of nitrogens with zero attached hydrogens (tertiary/aromatic N) is 1. The van der Waals surface area contributed by atoms with Crippen LogP contribution in [-0.2, 0) is 16.0 Å². The smallest absolute Gasteiger partial charge is 0.241 e. The summed E-state index contributed by atoms with van der Waals surface area (Å²) in [6.45, 7) is 3.29. The Bertz CT molecular complexity index is 563. The predicted octanol–water partition coefficient (Wildman–Crippen LogP) is 1.07. The number of benzene rings is 1. The van der Waals surface area contributed by atoms with Crippen LogP contribution in [0, 0.1) is 11.7 Å². The van der Waals surface area contributed by atoms with Crippen LogP contribution in [0.3, 0.4) is 0 Å². The number of carbonyl (C=O) groups excluding carboxylic acids is 2. The van der Waals surface area contributed by atoms with Gasteiger partial charge in [0.25, 0.3) is 0 Å². The number of hydrogen-bond donors (Lipinski definition) is 2. The summed E-state index contributed by atoms with van der Waals surface area (Å²) in [4.78, 5) is 25.8. The number of halogens is 1. The van der Waals surface area contributed by atoms with Crippen LogP contribution in [0.1, 0.15) is 25.3 Å². The quantitative estimate of drug-likeness (QED) is 0.852. The Morgan fingerprint density at radius 1 is 1.48 bits per heavy atom. The third-order valence-corrected chi connectivity index (χ3v) is 4.24. The molecule has 2 rings (SSSR count). The molecule has 23 heavy (non-hydrogen) atoms. The molecule has 0 saturated carbocycles. The average molecular weight is 321 g/mol. The topological polar surface area (TPSA) is 75.4 Å². The molecule has 5 nitrogen and oxygen atoms in total. The van der Waals surface area contributed by atoms with Crippen molar-refractivity contribution in [3.8, 4) is 0 Å². The molecule has 3 N–H and O–H groups in total. The number of hydrogen-bond acceptors (Lipinski definition) is 3. The van der Waals surface area contributed by atoms with Crippen molar-refractivity contribution in [2.45, 2.75) is 32.2 Å². The van der Waals surface area contributed by atoms with Crippen LogP contribution >= 0.6 is 0 Å². The van der Waals surface area contributed by atoms with E-state index in [9.17, 15) is 14.0 Å². The Morgan fingerprint density at radius 3 is 2.96 bits per heavy atom. The van der Waals surface area contributed by atoms with Crippen molar-refractivity contribution in [2.75, 3.05) is 19.6 Å². The van der Waals surface area contributed by atoms with Gasteiger partial charge in [-0.25, -0.2) is 4.39 Å². The van der Waals surface area contributed by atoms with Crippen LogP contribution in [0.25, 0.3) is 0 Å². The standard InChI is InChI=1S/C17H24FN3O2/c1-12(19)14-5-3-7-21(11-14)17(23)10-20-16(22)9-13-4-2-6-15(18)8-13/h2,4,6,8,12,14H,3,5,7,9-11,19H2,1H3,(H,20,22). The Labute approximate surface area is 136 Å². The molecule has 1 aliphatic rings. The molecule has 0 radical (unpaired) electrons. The van der Waals surface area contributed by atoms with Gasteiger partial charge in [0.2, 0.25) is 11.8 Å². The van der Waals surface area contributed by atoms with Crippen molar-refractivity contribution in [2.24, 2.45) is 11.7 Å². The first-order valence-electron chi connectivity index (χ1n) is 8.00. The number of likely N-dealkylation sites (tertiary alicyclic amines) is 1. The maximum Gasteiger partial charge on any atom is 0.241 e. The molecule has 6 heteroatoms.